The molecule has 0 aromatic heterocycles. The second-order valence-corrected chi connectivity index (χ2v) is 8.59. The number of anilines is 6. The summed E-state index contributed by atoms with van der Waals surface area (Å²) in [6.45, 7) is 0. The van der Waals surface area contributed by atoms with Crippen LogP contribution in [0.25, 0.3) is 0 Å². The van der Waals surface area contributed by atoms with E-state index >= 15 is 17.6 Å². The summed E-state index contributed by atoms with van der Waals surface area (Å²) in [7, 11) is 0. The summed E-state index contributed by atoms with van der Waals surface area (Å²) < 4.78 is 60.4. The molecule has 0 saturated heterocycles. The first-order valence-corrected chi connectivity index (χ1v) is 12.0. The first kappa shape index (κ1) is 26.0. The highest BCUT2D eigenvalue weighted by Crippen LogP contribution is 2.45. The maximum Gasteiger partial charge on any atom is 0.147 e. The van der Waals surface area contributed by atoms with Gasteiger partial charge in [0.1, 0.15) is 35.4 Å². The van der Waals surface area contributed by atoms with E-state index in [0.29, 0.717) is 0 Å². The van der Waals surface area contributed by atoms with Crippen molar-refractivity contribution in [3.8, 4) is 12.1 Å². The highest BCUT2D eigenvalue weighted by Gasteiger charge is 2.27. The number of nitrogens with zero attached hydrogens (tertiary/aromatic N) is 4. The zero-order chi connectivity index (χ0) is 28.2. The zero-order valence-corrected chi connectivity index (χ0v) is 20.7. The Morgan fingerprint density at radius 2 is 0.650 bits per heavy atom. The summed E-state index contributed by atoms with van der Waals surface area (Å²) in [5.41, 5.74) is -0.473. The molecule has 0 aliphatic carbocycles. The Labute approximate surface area is 227 Å². The second kappa shape index (κ2) is 11.0. The standard InChI is InChI=1S/C32H18F4N4/c33-23-9-1-5-13-27(23)39(28-14-6-2-10-24(28)34)31-17-22(20-38)32(18-21(31)19-37)40(29-15-7-3-11-25(29)35)30-16-8-4-12-26(30)36/h1-18H. The Hall–Kier alpha value is -5.60. The Morgan fingerprint density at radius 3 is 0.875 bits per heavy atom. The van der Waals surface area contributed by atoms with Crippen molar-refractivity contribution >= 4 is 34.1 Å². The molecule has 0 aliphatic heterocycles. The lowest BCUT2D eigenvalue weighted by molar-refractivity contribution is 0.618. The van der Waals surface area contributed by atoms with E-state index in [4.69, 9.17) is 0 Å². The Balaban J connectivity index is 1.82. The van der Waals surface area contributed by atoms with Gasteiger partial charge in [-0.2, -0.15) is 10.5 Å². The molecular weight excluding hydrogens is 516 g/mol. The van der Waals surface area contributed by atoms with Gasteiger partial charge in [0.2, 0.25) is 0 Å². The molecule has 5 aromatic rings. The second-order valence-electron chi connectivity index (χ2n) is 8.59. The smallest absolute Gasteiger partial charge is 0.147 e. The molecule has 0 unspecified atom stereocenters. The topological polar surface area (TPSA) is 54.1 Å². The third kappa shape index (κ3) is 4.70. The zero-order valence-electron chi connectivity index (χ0n) is 20.7. The summed E-state index contributed by atoms with van der Waals surface area (Å²) in [5.74, 6) is -2.79. The molecule has 0 bridgehead atoms. The largest absolute Gasteiger partial charge is 0.303 e. The van der Waals surface area contributed by atoms with Gasteiger partial charge < -0.3 is 9.80 Å². The van der Waals surface area contributed by atoms with Crippen LogP contribution in [0.2, 0.25) is 0 Å². The number of hydrogen-bond donors (Lipinski definition) is 0. The molecule has 0 fully saturated rings. The maximum absolute atomic E-state index is 15.1. The molecule has 4 nitrogen and oxygen atoms in total. The molecule has 0 aliphatic rings. The van der Waals surface area contributed by atoms with Crippen LogP contribution in [0.4, 0.5) is 51.7 Å². The first-order valence-electron chi connectivity index (χ1n) is 12.0. The van der Waals surface area contributed by atoms with E-state index in [1.54, 1.807) is 24.3 Å². The van der Waals surface area contributed by atoms with Gasteiger partial charge in [-0.05, 0) is 60.7 Å². The quantitative estimate of drug-likeness (QED) is 0.204. The fourth-order valence-corrected chi connectivity index (χ4v) is 4.44. The summed E-state index contributed by atoms with van der Waals surface area (Å²) >= 11 is 0. The SMILES string of the molecule is N#Cc1cc(N(c2ccccc2F)c2ccccc2F)c(C#N)cc1N(c1ccccc1F)c1ccccc1F. The van der Waals surface area contributed by atoms with Gasteiger partial charge in [-0.15, -0.1) is 0 Å². The minimum absolute atomic E-state index is 0.0000160. The molecule has 0 saturated carbocycles. The minimum atomic E-state index is -0.698. The van der Waals surface area contributed by atoms with Crippen LogP contribution in [0.5, 0.6) is 0 Å². The van der Waals surface area contributed by atoms with E-state index < -0.39 is 23.3 Å². The van der Waals surface area contributed by atoms with E-state index in [2.05, 4.69) is 0 Å². The van der Waals surface area contributed by atoms with Crippen LogP contribution in [0.15, 0.2) is 109 Å². The van der Waals surface area contributed by atoms with E-state index in [-0.39, 0.29) is 45.3 Å². The van der Waals surface area contributed by atoms with Crippen LogP contribution in [-0.2, 0) is 0 Å². The average Bonchev–Trinajstić information content (AvgIpc) is 2.97. The van der Waals surface area contributed by atoms with Crippen molar-refractivity contribution < 1.29 is 17.6 Å². The maximum atomic E-state index is 15.1. The van der Waals surface area contributed by atoms with E-state index in [1.807, 2.05) is 12.1 Å². The van der Waals surface area contributed by atoms with Crippen LogP contribution in [0.3, 0.4) is 0 Å². The van der Waals surface area contributed by atoms with E-state index in [9.17, 15) is 10.5 Å². The molecule has 194 valence electrons. The predicted octanol–water partition coefficient (Wildman–Crippen LogP) is 8.93. The lowest BCUT2D eigenvalue weighted by Crippen LogP contribution is -2.18. The molecule has 8 heteroatoms. The van der Waals surface area contributed by atoms with Gasteiger partial charge in [-0.1, -0.05) is 48.5 Å². The van der Waals surface area contributed by atoms with Crippen molar-refractivity contribution in [3.05, 3.63) is 144 Å². The monoisotopic (exact) mass is 534 g/mol. The third-order valence-electron chi connectivity index (χ3n) is 6.21. The fourth-order valence-electron chi connectivity index (χ4n) is 4.44. The lowest BCUT2D eigenvalue weighted by atomic mass is 10.0. The first-order chi connectivity index (χ1) is 19.4. The molecular formula is C32H18F4N4. The highest BCUT2D eigenvalue weighted by atomic mass is 19.1. The van der Waals surface area contributed by atoms with Gasteiger partial charge in [0.05, 0.1) is 45.3 Å². The van der Waals surface area contributed by atoms with Crippen molar-refractivity contribution in [3.63, 3.8) is 0 Å². The van der Waals surface area contributed by atoms with Gasteiger partial charge in [-0.25, -0.2) is 17.6 Å². The molecule has 5 rings (SSSR count). The van der Waals surface area contributed by atoms with Crippen molar-refractivity contribution in [2.75, 3.05) is 9.80 Å². The Kier molecular flexibility index (Phi) is 7.17. The molecule has 0 heterocycles. The van der Waals surface area contributed by atoms with Gasteiger partial charge >= 0.3 is 0 Å². The molecule has 0 radical (unpaired) electrons. The number of benzene rings is 5. The predicted molar refractivity (Wildman–Crippen MR) is 145 cm³/mol. The van der Waals surface area contributed by atoms with Crippen molar-refractivity contribution in [1.82, 2.24) is 0 Å². The van der Waals surface area contributed by atoms with Crippen LogP contribution < -0.4 is 9.80 Å². The summed E-state index contributed by atoms with van der Waals surface area (Å²) in [4.78, 5) is 2.40. The van der Waals surface area contributed by atoms with Crippen molar-refractivity contribution in [1.29, 1.82) is 10.5 Å². The number of nitriles is 2. The third-order valence-corrected chi connectivity index (χ3v) is 6.21. The van der Waals surface area contributed by atoms with Crippen LogP contribution >= 0.6 is 0 Å². The van der Waals surface area contributed by atoms with Crippen molar-refractivity contribution in [2.45, 2.75) is 0 Å². The van der Waals surface area contributed by atoms with Gasteiger partial charge in [0.25, 0.3) is 0 Å². The highest BCUT2D eigenvalue weighted by molar-refractivity contribution is 5.87. The normalized spacial score (nSPS) is 10.4. The summed E-state index contributed by atoms with van der Waals surface area (Å²) in [6.07, 6.45) is 0. The van der Waals surface area contributed by atoms with Gasteiger partial charge in [0, 0.05) is 0 Å². The summed E-state index contributed by atoms with van der Waals surface area (Å²) in [5, 5.41) is 20.4. The molecule has 40 heavy (non-hydrogen) atoms. The molecule has 0 spiro atoms. The number of halogens is 4. The number of para-hydroxylation sites is 4. The van der Waals surface area contributed by atoms with Gasteiger partial charge in [0.15, 0.2) is 0 Å². The lowest BCUT2D eigenvalue weighted by Gasteiger charge is -2.30. The van der Waals surface area contributed by atoms with Gasteiger partial charge in [-0.3, -0.25) is 0 Å². The minimum Gasteiger partial charge on any atom is -0.303 e. The van der Waals surface area contributed by atoms with Crippen LogP contribution in [0, 0.1) is 45.9 Å². The Morgan fingerprint density at radius 1 is 0.400 bits per heavy atom. The Bertz CT molecular complexity index is 1580. The van der Waals surface area contributed by atoms with Crippen LogP contribution in [0.1, 0.15) is 11.1 Å². The summed E-state index contributed by atoms with van der Waals surface area (Å²) in [6, 6.07) is 29.1. The van der Waals surface area contributed by atoms with E-state index in [0.717, 1.165) is 0 Å². The van der Waals surface area contributed by atoms with Crippen LogP contribution in [-0.4, -0.2) is 0 Å². The number of hydrogen-bond acceptors (Lipinski definition) is 4. The molecule has 0 N–H and O–H groups in total. The number of rotatable bonds is 6. The molecule has 5 aromatic carbocycles. The molecule has 0 atom stereocenters. The fraction of sp³-hybridized carbons (Fsp3) is 0. The van der Waals surface area contributed by atoms with E-state index in [1.165, 1.54) is 94.7 Å². The van der Waals surface area contributed by atoms with Crippen molar-refractivity contribution in [2.24, 2.45) is 0 Å². The molecule has 0 amide bonds. The average molecular weight is 535 g/mol.